The van der Waals surface area contributed by atoms with Crippen LogP contribution in [0.4, 0.5) is 11.4 Å². The van der Waals surface area contributed by atoms with Crippen molar-refractivity contribution in [2.45, 2.75) is 0 Å². The Balaban J connectivity index is 1.58. The highest BCUT2D eigenvalue weighted by molar-refractivity contribution is 6.12. The number of fused-ring (bicyclic) bond motifs is 1. The molecule has 6 nitrogen and oxygen atoms in total. The number of carbonyl (C=O) groups excluding carboxylic acids is 2. The van der Waals surface area contributed by atoms with E-state index in [0.29, 0.717) is 28.3 Å². The quantitative estimate of drug-likeness (QED) is 0.427. The molecule has 1 heterocycles. The van der Waals surface area contributed by atoms with Crippen molar-refractivity contribution >= 4 is 34.0 Å². The number of amides is 1. The lowest BCUT2D eigenvalue weighted by Crippen LogP contribution is -2.17. The Morgan fingerprint density at radius 2 is 1.60 bits per heavy atom. The van der Waals surface area contributed by atoms with Crippen LogP contribution in [0.15, 0.2) is 83.3 Å². The molecular formula is C24H20N2O4. The van der Waals surface area contributed by atoms with Gasteiger partial charge in [-0.15, -0.1) is 0 Å². The van der Waals surface area contributed by atoms with Crippen molar-refractivity contribution in [2.24, 2.45) is 0 Å². The first-order chi connectivity index (χ1) is 14.7. The number of Topliss-reactive ketones (excluding diaryl/α,β-unsaturated/α-hetero) is 1. The molecule has 4 aromatic rings. The van der Waals surface area contributed by atoms with Gasteiger partial charge in [0.25, 0.3) is 5.91 Å². The van der Waals surface area contributed by atoms with Crippen LogP contribution in [-0.2, 0) is 0 Å². The Morgan fingerprint density at radius 3 is 2.33 bits per heavy atom. The van der Waals surface area contributed by atoms with Crippen molar-refractivity contribution in [3.63, 3.8) is 0 Å². The molecule has 150 valence electrons. The number of ketones is 1. The fourth-order valence-corrected chi connectivity index (χ4v) is 3.14. The van der Waals surface area contributed by atoms with Gasteiger partial charge in [0.2, 0.25) is 5.76 Å². The van der Waals surface area contributed by atoms with Crippen LogP contribution in [0.3, 0.4) is 0 Å². The standard InChI is InChI=1S/C24H20N2O4/c1-29-18-13-11-16(12-14-18)20(27)15-25-22-19-9-5-6-10-21(19)30-23(22)24(28)26-17-7-3-2-4-8-17/h2-14,25H,15H2,1H3,(H,26,28). The number of para-hydroxylation sites is 2. The first kappa shape index (κ1) is 19.3. The van der Waals surface area contributed by atoms with Crippen LogP contribution in [0.25, 0.3) is 11.0 Å². The molecule has 2 N–H and O–H groups in total. The zero-order valence-electron chi connectivity index (χ0n) is 16.3. The van der Waals surface area contributed by atoms with E-state index >= 15 is 0 Å². The maximum atomic E-state index is 12.8. The molecule has 1 amide bonds. The van der Waals surface area contributed by atoms with Crippen LogP contribution in [0.1, 0.15) is 20.9 Å². The third kappa shape index (κ3) is 4.03. The molecule has 0 bridgehead atoms. The van der Waals surface area contributed by atoms with Crippen LogP contribution < -0.4 is 15.4 Å². The number of furan rings is 1. The average molecular weight is 400 g/mol. The molecule has 0 atom stereocenters. The van der Waals surface area contributed by atoms with Gasteiger partial charge in [-0.05, 0) is 48.5 Å². The molecule has 0 aliphatic carbocycles. The SMILES string of the molecule is COc1ccc(C(=O)CNc2c(C(=O)Nc3ccccc3)oc3ccccc23)cc1. The first-order valence-corrected chi connectivity index (χ1v) is 9.45. The van der Waals surface area contributed by atoms with Gasteiger partial charge in [0.15, 0.2) is 5.78 Å². The van der Waals surface area contributed by atoms with Crippen molar-refractivity contribution in [3.8, 4) is 5.75 Å². The zero-order valence-corrected chi connectivity index (χ0v) is 16.3. The van der Waals surface area contributed by atoms with E-state index in [1.54, 1.807) is 49.6 Å². The van der Waals surface area contributed by atoms with Gasteiger partial charge in [-0.1, -0.05) is 30.3 Å². The maximum Gasteiger partial charge on any atom is 0.293 e. The predicted molar refractivity (Wildman–Crippen MR) is 116 cm³/mol. The van der Waals surface area contributed by atoms with Gasteiger partial charge in [-0.3, -0.25) is 9.59 Å². The minimum atomic E-state index is -0.392. The number of carbonyl (C=O) groups is 2. The minimum Gasteiger partial charge on any atom is -0.497 e. The van der Waals surface area contributed by atoms with Crippen LogP contribution in [0.2, 0.25) is 0 Å². The molecule has 0 saturated heterocycles. The van der Waals surface area contributed by atoms with E-state index < -0.39 is 5.91 Å². The molecule has 3 aromatic carbocycles. The second-order valence-electron chi connectivity index (χ2n) is 6.63. The van der Waals surface area contributed by atoms with Crippen LogP contribution in [0, 0.1) is 0 Å². The summed E-state index contributed by atoms with van der Waals surface area (Å²) in [6.45, 7) is 0.0154. The van der Waals surface area contributed by atoms with Gasteiger partial charge in [0.05, 0.1) is 19.3 Å². The smallest absolute Gasteiger partial charge is 0.293 e. The summed E-state index contributed by atoms with van der Waals surface area (Å²) < 4.78 is 10.9. The number of ether oxygens (including phenoxy) is 1. The Morgan fingerprint density at radius 1 is 0.900 bits per heavy atom. The Bertz CT molecular complexity index is 1180. The zero-order chi connectivity index (χ0) is 20.9. The second-order valence-corrected chi connectivity index (χ2v) is 6.63. The van der Waals surface area contributed by atoms with Gasteiger partial charge in [0, 0.05) is 16.6 Å². The summed E-state index contributed by atoms with van der Waals surface area (Å²) in [7, 11) is 1.57. The summed E-state index contributed by atoms with van der Waals surface area (Å²) >= 11 is 0. The fourth-order valence-electron chi connectivity index (χ4n) is 3.14. The maximum absolute atomic E-state index is 12.8. The first-order valence-electron chi connectivity index (χ1n) is 9.45. The second kappa shape index (κ2) is 8.53. The predicted octanol–water partition coefficient (Wildman–Crippen LogP) is 4.99. The number of rotatable bonds is 7. The number of benzene rings is 3. The molecule has 0 unspecified atom stereocenters. The molecule has 0 radical (unpaired) electrons. The van der Waals surface area contributed by atoms with Gasteiger partial charge in [0.1, 0.15) is 11.3 Å². The number of methoxy groups -OCH3 is 1. The third-order valence-electron chi connectivity index (χ3n) is 4.67. The summed E-state index contributed by atoms with van der Waals surface area (Å²) in [6.07, 6.45) is 0. The monoisotopic (exact) mass is 400 g/mol. The van der Waals surface area contributed by atoms with E-state index in [0.717, 1.165) is 5.39 Å². The molecule has 6 heteroatoms. The fraction of sp³-hybridized carbons (Fsp3) is 0.0833. The lowest BCUT2D eigenvalue weighted by Gasteiger charge is -2.08. The summed E-state index contributed by atoms with van der Waals surface area (Å²) in [6, 6.07) is 23.3. The number of nitrogens with one attached hydrogen (secondary N) is 2. The lowest BCUT2D eigenvalue weighted by molar-refractivity contribution is 0.0991. The average Bonchev–Trinajstić information content (AvgIpc) is 3.17. The van der Waals surface area contributed by atoms with E-state index in [1.165, 1.54) is 0 Å². The number of hydrogen-bond donors (Lipinski definition) is 2. The van der Waals surface area contributed by atoms with Crippen molar-refractivity contribution in [1.82, 2.24) is 0 Å². The molecule has 4 rings (SSSR count). The van der Waals surface area contributed by atoms with E-state index in [9.17, 15) is 9.59 Å². The number of anilines is 2. The third-order valence-corrected chi connectivity index (χ3v) is 4.67. The van der Waals surface area contributed by atoms with Crippen molar-refractivity contribution in [2.75, 3.05) is 24.3 Å². The Hall–Kier alpha value is -4.06. The number of hydrogen-bond acceptors (Lipinski definition) is 5. The lowest BCUT2D eigenvalue weighted by atomic mass is 10.1. The van der Waals surface area contributed by atoms with Crippen LogP contribution in [0.5, 0.6) is 5.75 Å². The van der Waals surface area contributed by atoms with E-state index in [4.69, 9.17) is 9.15 Å². The minimum absolute atomic E-state index is 0.0154. The topological polar surface area (TPSA) is 80.6 Å². The summed E-state index contributed by atoms with van der Waals surface area (Å²) in [5, 5.41) is 6.65. The Labute approximate surface area is 173 Å². The van der Waals surface area contributed by atoms with Crippen LogP contribution >= 0.6 is 0 Å². The molecule has 0 spiro atoms. The summed E-state index contributed by atoms with van der Waals surface area (Å²) in [5.74, 6) is 0.303. The van der Waals surface area contributed by atoms with E-state index in [2.05, 4.69) is 10.6 Å². The van der Waals surface area contributed by atoms with Gasteiger partial charge >= 0.3 is 0 Å². The van der Waals surface area contributed by atoms with Gasteiger partial charge in [-0.2, -0.15) is 0 Å². The normalized spacial score (nSPS) is 10.6. The van der Waals surface area contributed by atoms with Gasteiger partial charge in [-0.25, -0.2) is 0 Å². The highest BCUT2D eigenvalue weighted by Crippen LogP contribution is 2.31. The van der Waals surface area contributed by atoms with E-state index in [1.807, 2.05) is 36.4 Å². The molecule has 0 aliphatic rings. The highest BCUT2D eigenvalue weighted by Gasteiger charge is 2.21. The van der Waals surface area contributed by atoms with Crippen molar-refractivity contribution in [3.05, 3.63) is 90.2 Å². The highest BCUT2D eigenvalue weighted by atomic mass is 16.5. The van der Waals surface area contributed by atoms with E-state index in [-0.39, 0.29) is 18.1 Å². The Kier molecular flexibility index (Phi) is 5.48. The van der Waals surface area contributed by atoms with Crippen molar-refractivity contribution < 1.29 is 18.7 Å². The molecular weight excluding hydrogens is 380 g/mol. The molecule has 1 aromatic heterocycles. The summed E-state index contributed by atoms with van der Waals surface area (Å²) in [4.78, 5) is 25.5. The van der Waals surface area contributed by atoms with Crippen LogP contribution in [-0.4, -0.2) is 25.3 Å². The molecule has 0 aliphatic heterocycles. The largest absolute Gasteiger partial charge is 0.497 e. The molecule has 0 saturated carbocycles. The summed E-state index contributed by atoms with van der Waals surface area (Å²) in [5.41, 5.74) is 2.26. The molecule has 30 heavy (non-hydrogen) atoms. The van der Waals surface area contributed by atoms with Gasteiger partial charge < -0.3 is 19.8 Å². The molecule has 0 fully saturated rings. The van der Waals surface area contributed by atoms with Crippen molar-refractivity contribution in [1.29, 1.82) is 0 Å².